The number of rotatable bonds is 7. The molecule has 6 heteroatoms. The van der Waals surface area contributed by atoms with Gasteiger partial charge in [0.05, 0.1) is 19.7 Å². The quantitative estimate of drug-likeness (QED) is 0.442. The maximum atomic E-state index is 5.37. The van der Waals surface area contributed by atoms with Crippen LogP contribution in [0.5, 0.6) is 11.5 Å². The molecule has 1 aliphatic carbocycles. The number of ether oxygens (including phenoxy) is 2. The Morgan fingerprint density at radius 3 is 2.52 bits per heavy atom. The fourth-order valence-corrected chi connectivity index (χ4v) is 4.85. The highest BCUT2D eigenvalue weighted by atomic mass is 79.9. The van der Waals surface area contributed by atoms with Crippen LogP contribution in [0.4, 0.5) is 5.82 Å². The number of fused-ring (bicyclic) bond motifs is 1. The van der Waals surface area contributed by atoms with Crippen LogP contribution in [0.3, 0.4) is 0 Å². The van der Waals surface area contributed by atoms with E-state index < -0.39 is 0 Å². The molecule has 0 unspecified atom stereocenters. The van der Waals surface area contributed by atoms with Crippen molar-refractivity contribution in [3.8, 4) is 11.5 Å². The third-order valence-corrected chi connectivity index (χ3v) is 6.83. The van der Waals surface area contributed by atoms with E-state index in [1.807, 2.05) is 24.3 Å². The van der Waals surface area contributed by atoms with Crippen LogP contribution in [0.2, 0.25) is 0 Å². The lowest BCUT2D eigenvalue weighted by atomic mass is 9.90. The third-order valence-electron chi connectivity index (χ3n) is 6.09. The van der Waals surface area contributed by atoms with Gasteiger partial charge in [-0.1, -0.05) is 22.0 Å². The van der Waals surface area contributed by atoms with Crippen molar-refractivity contribution in [2.75, 3.05) is 19.5 Å². The van der Waals surface area contributed by atoms with Gasteiger partial charge in [-0.05, 0) is 74.1 Å². The molecular formula is C25H30BrN3O2. The zero-order valence-corrected chi connectivity index (χ0v) is 20.0. The molecule has 2 atom stereocenters. The molecule has 1 fully saturated rings. The molecule has 1 aliphatic rings. The van der Waals surface area contributed by atoms with Gasteiger partial charge >= 0.3 is 0 Å². The Bertz CT molecular complexity index is 1060. The van der Waals surface area contributed by atoms with Crippen LogP contribution in [0.25, 0.3) is 10.9 Å². The van der Waals surface area contributed by atoms with Gasteiger partial charge in [0, 0.05) is 34.6 Å². The Morgan fingerprint density at radius 1 is 1.00 bits per heavy atom. The number of hydrogen-bond donors (Lipinski definition) is 2. The number of benzene rings is 2. The molecule has 5 nitrogen and oxygen atoms in total. The van der Waals surface area contributed by atoms with E-state index in [2.05, 4.69) is 51.7 Å². The maximum absolute atomic E-state index is 5.37. The summed E-state index contributed by atoms with van der Waals surface area (Å²) in [5, 5.41) is 8.59. The number of nitrogens with one attached hydrogen (secondary N) is 2. The summed E-state index contributed by atoms with van der Waals surface area (Å²) < 4.78 is 11.7. The summed E-state index contributed by atoms with van der Waals surface area (Å²) in [5.74, 6) is 2.65. The maximum Gasteiger partial charge on any atom is 0.127 e. The van der Waals surface area contributed by atoms with Gasteiger partial charge in [0.1, 0.15) is 17.3 Å². The standard InChI is InChI=1S/C25H30BrN3O2/c1-16-11-25(29-24-14-21(31-3)9-10-22(16)24)28-19-6-4-5-18(12-19)27-15-17-7-8-20(30-2)13-23(17)26/h7-11,13-14,18-19,27H,4-6,12,15H2,1-3H3,(H,28,29)/t18-,19-/m0/s1. The first kappa shape index (κ1) is 21.9. The van der Waals surface area contributed by atoms with Crippen LogP contribution in [-0.4, -0.2) is 31.3 Å². The number of anilines is 1. The summed E-state index contributed by atoms with van der Waals surface area (Å²) in [6, 6.07) is 15.3. The van der Waals surface area contributed by atoms with Gasteiger partial charge < -0.3 is 20.1 Å². The molecule has 2 N–H and O–H groups in total. The van der Waals surface area contributed by atoms with Crippen LogP contribution < -0.4 is 20.1 Å². The SMILES string of the molecule is COc1ccc(CN[C@H]2CCC[C@H](Nc3cc(C)c4ccc(OC)cc4n3)C2)c(Br)c1. The largest absolute Gasteiger partial charge is 0.497 e. The van der Waals surface area contributed by atoms with Gasteiger partial charge in [0.25, 0.3) is 0 Å². The molecule has 0 saturated heterocycles. The highest BCUT2D eigenvalue weighted by Crippen LogP contribution is 2.28. The minimum Gasteiger partial charge on any atom is -0.497 e. The normalized spacial score (nSPS) is 18.7. The molecule has 1 heterocycles. The van der Waals surface area contributed by atoms with Crippen molar-refractivity contribution in [1.29, 1.82) is 0 Å². The summed E-state index contributed by atoms with van der Waals surface area (Å²) in [6.07, 6.45) is 4.67. The summed E-state index contributed by atoms with van der Waals surface area (Å²) in [7, 11) is 3.38. The Morgan fingerprint density at radius 2 is 1.74 bits per heavy atom. The van der Waals surface area contributed by atoms with Crippen molar-refractivity contribution < 1.29 is 9.47 Å². The van der Waals surface area contributed by atoms with Crippen molar-refractivity contribution in [3.63, 3.8) is 0 Å². The summed E-state index contributed by atoms with van der Waals surface area (Å²) in [4.78, 5) is 4.86. The molecule has 0 spiro atoms. The van der Waals surface area contributed by atoms with Crippen molar-refractivity contribution in [2.24, 2.45) is 0 Å². The summed E-state index contributed by atoms with van der Waals surface area (Å²) >= 11 is 3.66. The summed E-state index contributed by atoms with van der Waals surface area (Å²) in [5.41, 5.74) is 3.44. The van der Waals surface area contributed by atoms with Gasteiger partial charge in [0.2, 0.25) is 0 Å². The molecule has 1 aromatic heterocycles. The Hall–Kier alpha value is -2.31. The van der Waals surface area contributed by atoms with E-state index in [-0.39, 0.29) is 0 Å². The fourth-order valence-electron chi connectivity index (χ4n) is 4.35. The first-order valence-corrected chi connectivity index (χ1v) is 11.6. The average molecular weight is 484 g/mol. The molecule has 3 aromatic rings. The number of pyridine rings is 1. The zero-order chi connectivity index (χ0) is 21.8. The summed E-state index contributed by atoms with van der Waals surface area (Å²) in [6.45, 7) is 2.98. The second-order valence-corrected chi connectivity index (χ2v) is 9.10. The third kappa shape index (κ3) is 5.31. The van der Waals surface area contributed by atoms with Gasteiger partial charge in [-0.3, -0.25) is 0 Å². The fraction of sp³-hybridized carbons (Fsp3) is 0.400. The first-order chi connectivity index (χ1) is 15.1. The molecule has 2 aromatic carbocycles. The lowest BCUT2D eigenvalue weighted by Crippen LogP contribution is -2.38. The predicted octanol–water partition coefficient (Wildman–Crippen LogP) is 5.84. The number of halogens is 1. The van der Waals surface area contributed by atoms with Crippen LogP contribution in [0.15, 0.2) is 46.9 Å². The van der Waals surface area contributed by atoms with Crippen molar-refractivity contribution in [3.05, 3.63) is 58.1 Å². The Kier molecular flexibility index (Phi) is 6.98. The smallest absolute Gasteiger partial charge is 0.127 e. The van der Waals surface area contributed by atoms with Crippen LogP contribution >= 0.6 is 15.9 Å². The van der Waals surface area contributed by atoms with Crippen molar-refractivity contribution in [2.45, 2.75) is 51.2 Å². The number of aryl methyl sites for hydroxylation is 1. The number of hydrogen-bond acceptors (Lipinski definition) is 5. The number of methoxy groups -OCH3 is 2. The van der Waals surface area contributed by atoms with Crippen LogP contribution in [-0.2, 0) is 6.54 Å². The van der Waals surface area contributed by atoms with E-state index in [1.54, 1.807) is 14.2 Å². The van der Waals surface area contributed by atoms with E-state index in [9.17, 15) is 0 Å². The first-order valence-electron chi connectivity index (χ1n) is 10.8. The minimum absolute atomic E-state index is 0.417. The molecule has 4 rings (SSSR count). The second kappa shape index (κ2) is 9.88. The molecule has 31 heavy (non-hydrogen) atoms. The topological polar surface area (TPSA) is 55.4 Å². The minimum atomic E-state index is 0.417. The van der Waals surface area contributed by atoms with E-state index >= 15 is 0 Å². The molecule has 164 valence electrons. The molecule has 0 radical (unpaired) electrons. The highest BCUT2D eigenvalue weighted by Gasteiger charge is 2.22. The Labute approximate surface area is 192 Å². The number of aromatic nitrogens is 1. The van der Waals surface area contributed by atoms with Crippen LogP contribution in [0.1, 0.15) is 36.8 Å². The lowest BCUT2D eigenvalue weighted by molar-refractivity contribution is 0.350. The van der Waals surface area contributed by atoms with Crippen molar-refractivity contribution in [1.82, 2.24) is 10.3 Å². The van der Waals surface area contributed by atoms with E-state index in [4.69, 9.17) is 14.5 Å². The zero-order valence-electron chi connectivity index (χ0n) is 18.4. The molecule has 0 bridgehead atoms. The highest BCUT2D eigenvalue weighted by molar-refractivity contribution is 9.10. The van der Waals surface area contributed by atoms with E-state index in [0.29, 0.717) is 12.1 Å². The monoisotopic (exact) mass is 483 g/mol. The van der Waals surface area contributed by atoms with Gasteiger partial charge in [0.15, 0.2) is 0 Å². The van der Waals surface area contributed by atoms with Crippen molar-refractivity contribution >= 4 is 32.7 Å². The van der Waals surface area contributed by atoms with Gasteiger partial charge in [-0.25, -0.2) is 4.98 Å². The molecule has 1 saturated carbocycles. The molecule has 0 aliphatic heterocycles. The van der Waals surface area contributed by atoms with E-state index in [1.165, 1.54) is 35.8 Å². The molecule has 0 amide bonds. The number of nitrogens with zero attached hydrogens (tertiary/aromatic N) is 1. The van der Waals surface area contributed by atoms with Crippen LogP contribution in [0, 0.1) is 6.92 Å². The van der Waals surface area contributed by atoms with Gasteiger partial charge in [-0.15, -0.1) is 0 Å². The second-order valence-electron chi connectivity index (χ2n) is 8.25. The predicted molar refractivity (Wildman–Crippen MR) is 130 cm³/mol. The average Bonchev–Trinajstić information content (AvgIpc) is 2.78. The van der Waals surface area contributed by atoms with E-state index in [0.717, 1.165) is 40.3 Å². The van der Waals surface area contributed by atoms with Gasteiger partial charge in [-0.2, -0.15) is 0 Å². The Balaban J connectivity index is 1.39. The molecular weight excluding hydrogens is 454 g/mol. The lowest BCUT2D eigenvalue weighted by Gasteiger charge is -2.31.